The van der Waals surface area contributed by atoms with Crippen LogP contribution in [0.3, 0.4) is 0 Å². The predicted octanol–water partition coefficient (Wildman–Crippen LogP) is 8.79. The van der Waals surface area contributed by atoms with Gasteiger partial charge in [0.25, 0.3) is 0 Å². The molecule has 3 heterocycles. The molecular weight excluding hydrogens is 948 g/mol. The number of phosphoric acid groups is 2. The minimum absolute atomic E-state index is 0.0800. The zero-order valence-corrected chi connectivity index (χ0v) is 42.9. The van der Waals surface area contributed by atoms with Crippen molar-refractivity contribution in [3.05, 3.63) is 83.5 Å². The Morgan fingerprint density at radius 2 is 1.31 bits per heavy atom. The molecule has 4 unspecified atom stereocenters. The lowest BCUT2D eigenvalue weighted by molar-refractivity contribution is -0.161. The number of carbonyl (C=O) groups is 2. The fraction of sp³-hybridized carbons (Fsp3) is 0.673. The predicted molar refractivity (Wildman–Crippen MR) is 265 cm³/mol. The maximum absolute atomic E-state index is 12.8. The average Bonchev–Trinajstić information content (AvgIpc) is 3.99. The summed E-state index contributed by atoms with van der Waals surface area (Å²) in [6.07, 6.45) is 31.0. The van der Waals surface area contributed by atoms with Crippen molar-refractivity contribution in [1.82, 2.24) is 9.55 Å². The third kappa shape index (κ3) is 26.7. The van der Waals surface area contributed by atoms with Crippen molar-refractivity contribution >= 4 is 33.4 Å². The van der Waals surface area contributed by atoms with Crippen molar-refractivity contribution < 1.29 is 71.0 Å². The molecule has 0 saturated carbocycles. The number of aromatic nitrogens is 2. The van der Waals surface area contributed by atoms with E-state index in [1.807, 2.05) is 18.2 Å². The molecule has 21 heteroatoms. The number of anilines is 1. The van der Waals surface area contributed by atoms with Gasteiger partial charge in [0.1, 0.15) is 30.7 Å². The van der Waals surface area contributed by atoms with Crippen LogP contribution in [0.15, 0.2) is 77.8 Å². The number of aliphatic hydroxyl groups excluding tert-OH is 2. The molecular formula is C49H79N3O16P2. The second-order valence-electron chi connectivity index (χ2n) is 17.8. The maximum atomic E-state index is 12.8. The molecule has 2 aliphatic rings. The Hall–Kier alpha value is -3.58. The van der Waals surface area contributed by atoms with Crippen LogP contribution in [0.5, 0.6) is 0 Å². The van der Waals surface area contributed by atoms with Crippen LogP contribution in [0.1, 0.15) is 149 Å². The minimum Gasteiger partial charge on any atom is -0.462 e. The van der Waals surface area contributed by atoms with Gasteiger partial charge >= 0.3 is 33.3 Å². The zero-order chi connectivity index (χ0) is 51.2. The molecule has 0 amide bonds. The first-order valence-corrected chi connectivity index (χ1v) is 27.8. The van der Waals surface area contributed by atoms with Gasteiger partial charge in [0.15, 0.2) is 12.3 Å². The van der Waals surface area contributed by atoms with Crippen molar-refractivity contribution in [3.8, 4) is 0 Å². The Balaban J connectivity index is 1.42. The average molecular weight is 1030 g/mol. The highest BCUT2D eigenvalue weighted by Crippen LogP contribution is 2.60. The SMILES string of the molecule is CC/C=C\CC1OC1C/C=C\C/C=C\C/C=C\C/C=C\CCC(=O)O[C@H](COC(=O)CCCCCCCCCCCC(C)C)COP(=O)(O)OP(=O)(O)OC[C@H]1O[C@@H](n2ccc(N)nc2=O)[C@H](O)[C@@H]1O. The number of unbranched alkanes of at least 4 members (excludes halogenated alkanes) is 8. The minimum atomic E-state index is -5.44. The fourth-order valence-electron chi connectivity index (χ4n) is 7.27. The number of rotatable bonds is 38. The van der Waals surface area contributed by atoms with E-state index in [1.165, 1.54) is 38.2 Å². The lowest BCUT2D eigenvalue weighted by Gasteiger charge is -2.21. The fourth-order valence-corrected chi connectivity index (χ4v) is 9.38. The quantitative estimate of drug-likeness (QED) is 0.0136. The number of hydrogen-bond acceptors (Lipinski definition) is 16. The third-order valence-corrected chi connectivity index (χ3v) is 13.8. The molecule has 70 heavy (non-hydrogen) atoms. The summed E-state index contributed by atoms with van der Waals surface area (Å²) in [6, 6.07) is 1.24. The number of hydrogen-bond donors (Lipinski definition) is 5. The van der Waals surface area contributed by atoms with Crippen LogP contribution < -0.4 is 11.4 Å². The monoisotopic (exact) mass is 1030 g/mol. The number of phosphoric ester groups is 2. The first-order chi connectivity index (χ1) is 33.5. The highest BCUT2D eigenvalue weighted by Gasteiger charge is 2.46. The zero-order valence-electron chi connectivity index (χ0n) is 41.2. The summed E-state index contributed by atoms with van der Waals surface area (Å²) in [5.74, 6) is -0.675. The first kappa shape index (κ1) is 60.7. The molecule has 396 valence electrons. The van der Waals surface area contributed by atoms with Gasteiger partial charge in [-0.05, 0) is 63.4 Å². The van der Waals surface area contributed by atoms with Crippen molar-refractivity contribution in [2.24, 2.45) is 5.92 Å². The molecule has 2 fully saturated rings. The highest BCUT2D eigenvalue weighted by molar-refractivity contribution is 7.61. The molecule has 0 spiro atoms. The molecule has 2 aliphatic heterocycles. The van der Waals surface area contributed by atoms with Crippen LogP contribution in [0.4, 0.5) is 5.82 Å². The molecule has 0 bridgehead atoms. The van der Waals surface area contributed by atoms with E-state index in [-0.39, 0.29) is 18.7 Å². The summed E-state index contributed by atoms with van der Waals surface area (Å²) in [6.45, 7) is 4.21. The van der Waals surface area contributed by atoms with Crippen LogP contribution in [0.25, 0.3) is 0 Å². The van der Waals surface area contributed by atoms with Crippen LogP contribution >= 0.6 is 15.6 Å². The molecule has 0 aromatic carbocycles. The molecule has 1 aromatic heterocycles. The lowest BCUT2D eigenvalue weighted by Crippen LogP contribution is -2.36. The molecule has 19 nitrogen and oxygen atoms in total. The number of aliphatic hydroxyl groups is 2. The summed E-state index contributed by atoms with van der Waals surface area (Å²) >= 11 is 0. The van der Waals surface area contributed by atoms with Gasteiger partial charge in [-0.15, -0.1) is 0 Å². The topological polar surface area (TPSA) is 278 Å². The van der Waals surface area contributed by atoms with Crippen molar-refractivity contribution in [2.75, 3.05) is 25.6 Å². The molecule has 0 radical (unpaired) electrons. The number of epoxide rings is 1. The van der Waals surface area contributed by atoms with Crippen molar-refractivity contribution in [3.63, 3.8) is 0 Å². The molecule has 9 atom stereocenters. The molecule has 6 N–H and O–H groups in total. The van der Waals surface area contributed by atoms with Crippen LogP contribution in [-0.4, -0.2) is 97.9 Å². The summed E-state index contributed by atoms with van der Waals surface area (Å²) in [5.41, 5.74) is 4.58. The summed E-state index contributed by atoms with van der Waals surface area (Å²) < 4.78 is 62.3. The second kappa shape index (κ2) is 34.0. The van der Waals surface area contributed by atoms with Crippen LogP contribution in [0, 0.1) is 5.92 Å². The molecule has 0 aliphatic carbocycles. The third-order valence-electron chi connectivity index (χ3n) is 11.2. The molecule has 3 rings (SSSR count). The molecule has 1 aromatic rings. The Morgan fingerprint density at radius 3 is 1.93 bits per heavy atom. The van der Waals surface area contributed by atoms with Crippen LogP contribution in [-0.2, 0) is 51.0 Å². The van der Waals surface area contributed by atoms with Gasteiger partial charge in [-0.1, -0.05) is 139 Å². The summed E-state index contributed by atoms with van der Waals surface area (Å²) in [5, 5.41) is 20.9. The van der Waals surface area contributed by atoms with Crippen molar-refractivity contribution in [1.29, 1.82) is 0 Å². The van der Waals surface area contributed by atoms with Gasteiger partial charge in [-0.25, -0.2) is 13.9 Å². The van der Waals surface area contributed by atoms with Gasteiger partial charge < -0.3 is 44.7 Å². The number of carbonyl (C=O) groups excluding carboxylic acids is 2. The molecule has 2 saturated heterocycles. The van der Waals surface area contributed by atoms with Crippen molar-refractivity contribution in [2.45, 2.75) is 186 Å². The standard InChI is InChI=1S/C49H79N3O16P2/c1-4-5-23-29-40-41(66-40)30-25-20-16-12-8-6-7-9-13-18-22-27-32-45(54)65-39(35-62-44(53)31-26-21-17-14-10-11-15-19-24-28-38(2)3)36-63-69(58,59)68-70(60,61)64-37-42-46(55)47(56)48(67-42)52-34-33-43(50)51-49(52)57/h5,7-9,12,18,20,22-23,25,33-34,38-42,46-48,55-56H,4,6,10-11,13-17,19,21,24,26-32,35-37H2,1-3H3,(H,58,59)(H,60,61)(H2,50,51,57)/b9-7-,12-8-,22-18-,23-5-,25-20-/t39-,40?,41?,42-,46-,47-,48-/m1/s1. The second-order valence-corrected chi connectivity index (χ2v) is 20.8. The number of nitrogen functional groups attached to an aromatic ring is 1. The number of ether oxygens (including phenoxy) is 4. The van der Waals surface area contributed by atoms with E-state index >= 15 is 0 Å². The van der Waals surface area contributed by atoms with Gasteiger partial charge in [-0.3, -0.25) is 23.2 Å². The largest absolute Gasteiger partial charge is 0.481 e. The maximum Gasteiger partial charge on any atom is 0.481 e. The van der Waals surface area contributed by atoms with Gasteiger partial charge in [-0.2, -0.15) is 9.29 Å². The van der Waals surface area contributed by atoms with Gasteiger partial charge in [0.05, 0.1) is 25.4 Å². The normalized spacial score (nSPS) is 22.7. The summed E-state index contributed by atoms with van der Waals surface area (Å²) in [4.78, 5) is 61.8. The Kier molecular flexibility index (Phi) is 29.5. The lowest BCUT2D eigenvalue weighted by atomic mass is 10.0. The number of allylic oxidation sites excluding steroid dienone is 8. The summed E-state index contributed by atoms with van der Waals surface area (Å²) in [7, 11) is -10.9. The Labute approximate surface area is 413 Å². The van der Waals surface area contributed by atoms with E-state index in [9.17, 15) is 43.5 Å². The van der Waals surface area contributed by atoms with E-state index in [2.05, 4.69) is 66.5 Å². The van der Waals surface area contributed by atoms with E-state index in [4.69, 9.17) is 33.7 Å². The van der Waals surface area contributed by atoms with Crippen LogP contribution in [0.2, 0.25) is 0 Å². The number of esters is 2. The van der Waals surface area contributed by atoms with E-state index in [1.54, 1.807) is 6.08 Å². The number of nitrogens with zero attached hydrogens (tertiary/aromatic N) is 2. The Morgan fingerprint density at radius 1 is 0.743 bits per heavy atom. The van der Waals surface area contributed by atoms with Gasteiger partial charge in [0.2, 0.25) is 0 Å². The smallest absolute Gasteiger partial charge is 0.462 e. The van der Waals surface area contributed by atoms with E-state index in [0.29, 0.717) is 31.5 Å². The van der Waals surface area contributed by atoms with Gasteiger partial charge in [0, 0.05) is 19.0 Å². The Bertz CT molecular complexity index is 1990. The highest BCUT2D eigenvalue weighted by atomic mass is 31.3. The number of nitrogens with two attached hydrogens (primary N) is 1. The van der Waals surface area contributed by atoms with E-state index < -0.39 is 83.7 Å². The van der Waals surface area contributed by atoms with E-state index in [0.717, 1.165) is 74.5 Å². The first-order valence-electron chi connectivity index (χ1n) is 24.8.